The molecule has 1 saturated heterocycles. The maximum atomic E-state index is 12.8. The summed E-state index contributed by atoms with van der Waals surface area (Å²) in [6.07, 6.45) is -4.17. The van der Waals surface area contributed by atoms with Crippen molar-refractivity contribution < 1.29 is 38.1 Å². The molecule has 0 aliphatic carbocycles. The maximum absolute atomic E-state index is 12.8. The lowest BCUT2D eigenvalue weighted by atomic mass is 10.1. The molecule has 0 saturated carbocycles. The fourth-order valence-corrected chi connectivity index (χ4v) is 3.63. The van der Waals surface area contributed by atoms with Crippen LogP contribution in [0.15, 0.2) is 91.0 Å². The molecule has 0 amide bonds. The van der Waals surface area contributed by atoms with Gasteiger partial charge < -0.3 is 23.7 Å². The van der Waals surface area contributed by atoms with Crippen molar-refractivity contribution in [2.75, 3.05) is 13.7 Å². The van der Waals surface area contributed by atoms with Crippen LogP contribution in [-0.4, -0.2) is 56.2 Å². The van der Waals surface area contributed by atoms with Crippen LogP contribution < -0.4 is 0 Å². The first-order valence-electron chi connectivity index (χ1n) is 11.0. The molecular formula is C27H24O8. The van der Waals surface area contributed by atoms with Crippen LogP contribution in [0.1, 0.15) is 31.1 Å². The van der Waals surface area contributed by atoms with Crippen LogP contribution in [0.3, 0.4) is 0 Å². The second-order valence-corrected chi connectivity index (χ2v) is 7.72. The summed E-state index contributed by atoms with van der Waals surface area (Å²) in [4.78, 5) is 38.0. The predicted octanol–water partition coefficient (Wildman–Crippen LogP) is 3.67. The van der Waals surface area contributed by atoms with Crippen LogP contribution in [0.2, 0.25) is 0 Å². The van der Waals surface area contributed by atoms with E-state index in [1.807, 2.05) is 0 Å². The van der Waals surface area contributed by atoms with Crippen molar-refractivity contribution in [2.24, 2.45) is 0 Å². The summed E-state index contributed by atoms with van der Waals surface area (Å²) in [5.74, 6) is -1.85. The van der Waals surface area contributed by atoms with E-state index in [0.29, 0.717) is 16.7 Å². The van der Waals surface area contributed by atoms with Gasteiger partial charge in [-0.3, -0.25) is 0 Å². The van der Waals surface area contributed by atoms with Gasteiger partial charge in [-0.05, 0) is 36.4 Å². The highest BCUT2D eigenvalue weighted by atomic mass is 16.7. The molecule has 4 atom stereocenters. The first-order chi connectivity index (χ1) is 17.1. The number of carbonyl (C=O) groups is 3. The summed E-state index contributed by atoms with van der Waals surface area (Å²) in [6.45, 7) is -0.250. The molecule has 1 aliphatic heterocycles. The predicted molar refractivity (Wildman–Crippen MR) is 124 cm³/mol. The number of benzene rings is 3. The summed E-state index contributed by atoms with van der Waals surface area (Å²) in [5, 5.41) is 0. The molecule has 1 heterocycles. The average molecular weight is 476 g/mol. The lowest BCUT2D eigenvalue weighted by Crippen LogP contribution is -2.42. The largest absolute Gasteiger partial charge is 0.459 e. The van der Waals surface area contributed by atoms with E-state index in [9.17, 15) is 14.4 Å². The summed E-state index contributed by atoms with van der Waals surface area (Å²) in [6, 6.07) is 25.2. The van der Waals surface area contributed by atoms with Crippen molar-refractivity contribution in [3.8, 4) is 0 Å². The Kier molecular flexibility index (Phi) is 7.87. The van der Waals surface area contributed by atoms with Gasteiger partial charge in [0, 0.05) is 7.11 Å². The first kappa shape index (κ1) is 24.1. The lowest BCUT2D eigenvalue weighted by molar-refractivity contribution is -0.155. The summed E-state index contributed by atoms with van der Waals surface area (Å²) >= 11 is 0. The Hall–Kier alpha value is -4.01. The van der Waals surface area contributed by atoms with E-state index in [0.717, 1.165) is 0 Å². The van der Waals surface area contributed by atoms with E-state index < -0.39 is 42.5 Å². The number of methoxy groups -OCH3 is 1. The minimum absolute atomic E-state index is 0.250. The van der Waals surface area contributed by atoms with E-state index in [2.05, 4.69) is 0 Å². The smallest absolute Gasteiger partial charge is 0.338 e. The van der Waals surface area contributed by atoms with Crippen LogP contribution in [0.25, 0.3) is 0 Å². The zero-order chi connectivity index (χ0) is 24.6. The van der Waals surface area contributed by atoms with Gasteiger partial charge >= 0.3 is 17.9 Å². The van der Waals surface area contributed by atoms with Gasteiger partial charge in [0.25, 0.3) is 0 Å². The molecule has 1 aliphatic rings. The SMILES string of the molecule is COC1O[C@@H](COC(=O)c2ccccc2)[C@@H](OC(=O)c2ccccc2)C1OC(=O)c1ccccc1. The topological polar surface area (TPSA) is 97.4 Å². The zero-order valence-electron chi connectivity index (χ0n) is 18.9. The Balaban J connectivity index is 1.54. The summed E-state index contributed by atoms with van der Waals surface area (Å²) < 4.78 is 28.0. The second kappa shape index (κ2) is 11.4. The Morgan fingerprint density at radius 1 is 0.657 bits per heavy atom. The van der Waals surface area contributed by atoms with E-state index in [4.69, 9.17) is 23.7 Å². The Morgan fingerprint density at radius 3 is 1.54 bits per heavy atom. The molecule has 0 bridgehead atoms. The molecule has 0 aromatic heterocycles. The molecule has 1 fully saturated rings. The van der Waals surface area contributed by atoms with Crippen LogP contribution in [0.4, 0.5) is 0 Å². The highest BCUT2D eigenvalue weighted by Gasteiger charge is 2.50. The minimum atomic E-state index is -1.10. The van der Waals surface area contributed by atoms with Crippen LogP contribution in [-0.2, 0) is 23.7 Å². The first-order valence-corrected chi connectivity index (χ1v) is 11.0. The van der Waals surface area contributed by atoms with Gasteiger partial charge in [0.2, 0.25) is 0 Å². The lowest BCUT2D eigenvalue weighted by Gasteiger charge is -2.24. The third-order valence-electron chi connectivity index (χ3n) is 5.39. The van der Waals surface area contributed by atoms with E-state index in [1.165, 1.54) is 7.11 Å². The number of rotatable bonds is 8. The molecule has 0 spiro atoms. The van der Waals surface area contributed by atoms with E-state index >= 15 is 0 Å². The van der Waals surface area contributed by atoms with Gasteiger partial charge in [-0.25, -0.2) is 14.4 Å². The molecule has 3 aromatic carbocycles. The highest BCUT2D eigenvalue weighted by molar-refractivity contribution is 5.90. The molecule has 2 unspecified atom stereocenters. The fourth-order valence-electron chi connectivity index (χ4n) is 3.63. The van der Waals surface area contributed by atoms with Gasteiger partial charge in [0.05, 0.1) is 16.7 Å². The van der Waals surface area contributed by atoms with Crippen molar-refractivity contribution in [3.05, 3.63) is 108 Å². The van der Waals surface area contributed by atoms with Gasteiger partial charge in [-0.2, -0.15) is 0 Å². The highest BCUT2D eigenvalue weighted by Crippen LogP contribution is 2.29. The standard InChI is InChI=1S/C27H24O8/c1-31-27-23(35-26(30)20-15-9-4-10-16-20)22(34-25(29)19-13-7-3-8-14-19)21(33-27)17-32-24(28)18-11-5-2-6-12-18/h2-16,21-23,27H,17H2,1H3/t21-,22+,23?,27?/m0/s1. The Bertz CT molecular complexity index is 1130. The second-order valence-electron chi connectivity index (χ2n) is 7.72. The van der Waals surface area contributed by atoms with Crippen molar-refractivity contribution in [1.82, 2.24) is 0 Å². The van der Waals surface area contributed by atoms with Crippen molar-refractivity contribution in [1.29, 1.82) is 0 Å². The zero-order valence-corrected chi connectivity index (χ0v) is 18.9. The molecule has 0 radical (unpaired) electrons. The quantitative estimate of drug-likeness (QED) is 0.359. The number of esters is 3. The van der Waals surface area contributed by atoms with Gasteiger partial charge in [-0.1, -0.05) is 54.6 Å². The number of ether oxygens (including phenoxy) is 5. The fraction of sp³-hybridized carbons (Fsp3) is 0.222. The van der Waals surface area contributed by atoms with Crippen LogP contribution in [0, 0.1) is 0 Å². The third kappa shape index (κ3) is 5.92. The van der Waals surface area contributed by atoms with Crippen molar-refractivity contribution in [3.63, 3.8) is 0 Å². The molecule has 180 valence electrons. The summed E-state index contributed by atoms with van der Waals surface area (Å²) in [7, 11) is 1.38. The van der Waals surface area contributed by atoms with Gasteiger partial charge in [0.15, 0.2) is 18.5 Å². The van der Waals surface area contributed by atoms with Gasteiger partial charge in [0.1, 0.15) is 12.7 Å². The molecule has 0 N–H and O–H groups in total. The van der Waals surface area contributed by atoms with Crippen LogP contribution >= 0.6 is 0 Å². The van der Waals surface area contributed by atoms with Crippen molar-refractivity contribution in [2.45, 2.75) is 24.6 Å². The molecule has 4 rings (SSSR count). The summed E-state index contributed by atoms with van der Waals surface area (Å²) in [5.41, 5.74) is 0.981. The van der Waals surface area contributed by atoms with E-state index in [1.54, 1.807) is 91.0 Å². The van der Waals surface area contributed by atoms with E-state index in [-0.39, 0.29) is 6.61 Å². The Labute approximate surface area is 202 Å². The molecule has 35 heavy (non-hydrogen) atoms. The third-order valence-corrected chi connectivity index (χ3v) is 5.39. The minimum Gasteiger partial charge on any atom is -0.459 e. The van der Waals surface area contributed by atoms with Crippen molar-refractivity contribution >= 4 is 17.9 Å². The maximum Gasteiger partial charge on any atom is 0.338 e. The molecule has 3 aromatic rings. The molecular weight excluding hydrogens is 452 g/mol. The van der Waals surface area contributed by atoms with Gasteiger partial charge in [-0.15, -0.1) is 0 Å². The number of hydrogen-bond acceptors (Lipinski definition) is 8. The number of carbonyl (C=O) groups excluding carboxylic acids is 3. The average Bonchev–Trinajstić information content (AvgIpc) is 3.24. The number of hydrogen-bond donors (Lipinski definition) is 0. The molecule has 8 nitrogen and oxygen atoms in total. The monoisotopic (exact) mass is 476 g/mol. The normalized spacial score (nSPS) is 21.2. The molecule has 8 heteroatoms. The van der Waals surface area contributed by atoms with Crippen LogP contribution in [0.5, 0.6) is 0 Å². The Morgan fingerprint density at radius 2 is 1.09 bits per heavy atom.